The fraction of sp³-hybridized carbons (Fsp3) is 0.263. The van der Waals surface area contributed by atoms with Crippen LogP contribution in [0.2, 0.25) is 0 Å². The van der Waals surface area contributed by atoms with Crippen LogP contribution in [0, 0.1) is 0 Å². The van der Waals surface area contributed by atoms with Crippen LogP contribution in [0.3, 0.4) is 0 Å². The van der Waals surface area contributed by atoms with Gasteiger partial charge in [-0.2, -0.15) is 13.2 Å². The first-order valence-electron chi connectivity index (χ1n) is 8.31. The van der Waals surface area contributed by atoms with Crippen molar-refractivity contribution in [1.82, 2.24) is 4.90 Å². The summed E-state index contributed by atoms with van der Waals surface area (Å²) in [5.74, 6) is -1.23. The lowest BCUT2D eigenvalue weighted by Gasteiger charge is -2.27. The summed E-state index contributed by atoms with van der Waals surface area (Å²) in [7, 11) is 0. The number of nitrogens with one attached hydrogen (secondary N) is 1. The maximum absolute atomic E-state index is 13.1. The summed E-state index contributed by atoms with van der Waals surface area (Å²) in [6.07, 6.45) is -4.66. The van der Waals surface area contributed by atoms with Gasteiger partial charge in [0.2, 0.25) is 0 Å². The fourth-order valence-corrected chi connectivity index (χ4v) is 2.83. The average molecular weight is 378 g/mol. The monoisotopic (exact) mass is 378 g/mol. The van der Waals surface area contributed by atoms with E-state index in [4.69, 9.17) is 4.74 Å². The molecule has 0 saturated carbocycles. The third-order valence-corrected chi connectivity index (χ3v) is 4.18. The van der Waals surface area contributed by atoms with E-state index in [0.717, 1.165) is 12.1 Å². The molecule has 142 valence electrons. The predicted molar refractivity (Wildman–Crippen MR) is 92.6 cm³/mol. The van der Waals surface area contributed by atoms with Crippen molar-refractivity contribution in [2.24, 2.45) is 0 Å². The molecule has 0 aliphatic carbocycles. The Labute approximate surface area is 153 Å². The third-order valence-electron chi connectivity index (χ3n) is 4.18. The normalized spacial score (nSPS) is 14.7. The lowest BCUT2D eigenvalue weighted by molar-refractivity contribution is -0.137. The molecule has 8 heteroatoms. The van der Waals surface area contributed by atoms with E-state index in [1.54, 1.807) is 17.0 Å². The van der Waals surface area contributed by atoms with Crippen molar-refractivity contribution < 1.29 is 27.5 Å². The van der Waals surface area contributed by atoms with Crippen LogP contribution < -0.4 is 5.32 Å². The number of halogens is 3. The molecule has 1 aliphatic rings. The first kappa shape index (κ1) is 18.9. The molecular weight excluding hydrogens is 361 g/mol. The number of alkyl halides is 3. The van der Waals surface area contributed by atoms with Crippen molar-refractivity contribution in [1.29, 1.82) is 0 Å². The summed E-state index contributed by atoms with van der Waals surface area (Å²) in [4.78, 5) is 26.8. The highest BCUT2D eigenvalue weighted by Crippen LogP contribution is 2.32. The summed E-state index contributed by atoms with van der Waals surface area (Å²) >= 11 is 0. The number of nitrogens with zero attached hydrogens (tertiary/aromatic N) is 1. The van der Waals surface area contributed by atoms with E-state index in [1.165, 1.54) is 24.3 Å². The lowest BCUT2D eigenvalue weighted by Crippen LogP contribution is -2.41. The van der Waals surface area contributed by atoms with Gasteiger partial charge in [-0.3, -0.25) is 9.59 Å². The SMILES string of the molecule is O=C(Nc1ccccc1C(=O)N1CCOCC1)c1ccccc1C(F)(F)F. The number of anilines is 1. The van der Waals surface area contributed by atoms with Gasteiger partial charge in [-0.05, 0) is 24.3 Å². The highest BCUT2D eigenvalue weighted by Gasteiger charge is 2.35. The zero-order valence-electron chi connectivity index (χ0n) is 14.3. The first-order valence-corrected chi connectivity index (χ1v) is 8.31. The van der Waals surface area contributed by atoms with Gasteiger partial charge in [0.05, 0.1) is 35.6 Å². The minimum atomic E-state index is -4.66. The predicted octanol–water partition coefficient (Wildman–Crippen LogP) is 3.43. The number of hydrogen-bond acceptors (Lipinski definition) is 3. The summed E-state index contributed by atoms with van der Waals surface area (Å²) in [6.45, 7) is 1.66. The van der Waals surface area contributed by atoms with E-state index < -0.39 is 23.2 Å². The largest absolute Gasteiger partial charge is 0.417 e. The molecule has 1 heterocycles. The summed E-state index contributed by atoms with van der Waals surface area (Å²) in [5, 5.41) is 2.44. The van der Waals surface area contributed by atoms with Crippen LogP contribution in [0.4, 0.5) is 18.9 Å². The Kier molecular flexibility index (Phi) is 5.46. The molecule has 2 aromatic rings. The summed E-state index contributed by atoms with van der Waals surface area (Å²) in [5.41, 5.74) is -1.15. The molecule has 27 heavy (non-hydrogen) atoms. The van der Waals surface area contributed by atoms with Gasteiger partial charge in [0, 0.05) is 13.1 Å². The second-order valence-corrected chi connectivity index (χ2v) is 5.95. The molecule has 0 spiro atoms. The Morgan fingerprint density at radius 3 is 2.19 bits per heavy atom. The third kappa shape index (κ3) is 4.28. The van der Waals surface area contributed by atoms with Gasteiger partial charge in [0.15, 0.2) is 0 Å². The quantitative estimate of drug-likeness (QED) is 0.890. The van der Waals surface area contributed by atoms with Crippen molar-refractivity contribution in [3.8, 4) is 0 Å². The lowest BCUT2D eigenvalue weighted by atomic mass is 10.1. The Hall–Kier alpha value is -2.87. The average Bonchev–Trinajstić information content (AvgIpc) is 2.68. The number of hydrogen-bond donors (Lipinski definition) is 1. The van der Waals surface area contributed by atoms with Crippen LogP contribution in [0.25, 0.3) is 0 Å². The molecule has 1 saturated heterocycles. The zero-order chi connectivity index (χ0) is 19.4. The molecule has 0 atom stereocenters. The van der Waals surface area contributed by atoms with E-state index in [0.29, 0.717) is 26.3 Å². The molecule has 0 bridgehead atoms. The maximum Gasteiger partial charge on any atom is 0.417 e. The second kappa shape index (κ2) is 7.79. The summed E-state index contributed by atoms with van der Waals surface area (Å²) < 4.78 is 44.6. The number of benzene rings is 2. The number of para-hydroxylation sites is 1. The van der Waals surface area contributed by atoms with Crippen molar-refractivity contribution in [2.45, 2.75) is 6.18 Å². The molecule has 1 fully saturated rings. The van der Waals surface area contributed by atoms with Gasteiger partial charge in [-0.1, -0.05) is 24.3 Å². The number of rotatable bonds is 3. The topological polar surface area (TPSA) is 58.6 Å². The van der Waals surface area contributed by atoms with Gasteiger partial charge in [0.25, 0.3) is 11.8 Å². The van der Waals surface area contributed by atoms with E-state index >= 15 is 0 Å². The number of carbonyl (C=O) groups excluding carboxylic acids is 2. The number of amides is 2. The fourth-order valence-electron chi connectivity index (χ4n) is 2.83. The van der Waals surface area contributed by atoms with Gasteiger partial charge in [-0.25, -0.2) is 0 Å². The molecule has 1 aliphatic heterocycles. The van der Waals surface area contributed by atoms with Gasteiger partial charge in [-0.15, -0.1) is 0 Å². The summed E-state index contributed by atoms with van der Waals surface area (Å²) in [6, 6.07) is 10.8. The van der Waals surface area contributed by atoms with E-state index in [2.05, 4.69) is 5.32 Å². The van der Waals surface area contributed by atoms with Crippen molar-refractivity contribution in [3.63, 3.8) is 0 Å². The molecule has 0 radical (unpaired) electrons. The van der Waals surface area contributed by atoms with Crippen LogP contribution in [-0.2, 0) is 10.9 Å². The van der Waals surface area contributed by atoms with Gasteiger partial charge < -0.3 is 15.0 Å². The number of morpholine rings is 1. The molecule has 0 aromatic heterocycles. The van der Waals surface area contributed by atoms with Crippen LogP contribution in [0.5, 0.6) is 0 Å². The van der Waals surface area contributed by atoms with Crippen LogP contribution in [-0.4, -0.2) is 43.0 Å². The maximum atomic E-state index is 13.1. The molecule has 3 rings (SSSR count). The number of ether oxygens (including phenoxy) is 1. The van der Waals surface area contributed by atoms with Gasteiger partial charge in [0.1, 0.15) is 0 Å². The molecule has 0 unspecified atom stereocenters. The Morgan fingerprint density at radius 1 is 0.926 bits per heavy atom. The van der Waals surface area contributed by atoms with Crippen molar-refractivity contribution >= 4 is 17.5 Å². The smallest absolute Gasteiger partial charge is 0.378 e. The van der Waals surface area contributed by atoms with Crippen molar-refractivity contribution in [3.05, 3.63) is 65.2 Å². The Bertz CT molecular complexity index is 846. The Morgan fingerprint density at radius 2 is 1.52 bits per heavy atom. The molecule has 2 amide bonds. The minimum absolute atomic E-state index is 0.163. The Balaban J connectivity index is 1.87. The number of carbonyl (C=O) groups is 2. The first-order chi connectivity index (χ1) is 12.9. The molecule has 2 aromatic carbocycles. The highest BCUT2D eigenvalue weighted by molar-refractivity contribution is 6.09. The van der Waals surface area contributed by atoms with Crippen LogP contribution >= 0.6 is 0 Å². The van der Waals surface area contributed by atoms with E-state index in [-0.39, 0.29) is 17.2 Å². The van der Waals surface area contributed by atoms with Crippen LogP contribution in [0.1, 0.15) is 26.3 Å². The second-order valence-electron chi connectivity index (χ2n) is 5.95. The van der Waals surface area contributed by atoms with E-state index in [1.807, 2.05) is 0 Å². The molecule has 1 N–H and O–H groups in total. The van der Waals surface area contributed by atoms with Gasteiger partial charge >= 0.3 is 6.18 Å². The zero-order valence-corrected chi connectivity index (χ0v) is 14.3. The standard InChI is InChI=1S/C19H17F3N2O3/c20-19(21,22)15-7-3-1-5-13(15)17(25)23-16-8-4-2-6-14(16)18(26)24-9-11-27-12-10-24/h1-8H,9-12H2,(H,23,25). The highest BCUT2D eigenvalue weighted by atomic mass is 19.4. The molecule has 5 nitrogen and oxygen atoms in total. The minimum Gasteiger partial charge on any atom is -0.378 e. The van der Waals surface area contributed by atoms with Crippen molar-refractivity contribution in [2.75, 3.05) is 31.6 Å². The van der Waals surface area contributed by atoms with Crippen LogP contribution in [0.15, 0.2) is 48.5 Å². The molecular formula is C19H17F3N2O3. The van der Waals surface area contributed by atoms with E-state index in [9.17, 15) is 22.8 Å².